The molecular weight excluding hydrogens is 362 g/mol. The number of nitrogens with one attached hydrogen (secondary N) is 1. The van der Waals surface area contributed by atoms with E-state index in [1.807, 2.05) is 66.7 Å². The van der Waals surface area contributed by atoms with Gasteiger partial charge in [0.05, 0.1) is 6.61 Å². The fourth-order valence-corrected chi connectivity index (χ4v) is 2.72. The Morgan fingerprint density at radius 1 is 0.862 bits per heavy atom. The topological polar surface area (TPSA) is 47.6 Å². The average molecular weight is 389 g/mol. The van der Waals surface area contributed by atoms with Crippen molar-refractivity contribution in [1.82, 2.24) is 0 Å². The van der Waals surface area contributed by atoms with Crippen molar-refractivity contribution in [3.8, 4) is 11.5 Å². The Balaban J connectivity index is 1.55. The predicted octanol–water partition coefficient (Wildman–Crippen LogP) is 5.94. The van der Waals surface area contributed by atoms with Gasteiger partial charge in [-0.2, -0.15) is 0 Å². The highest BCUT2D eigenvalue weighted by Crippen LogP contribution is 2.19. The van der Waals surface area contributed by atoms with Gasteiger partial charge in [0.15, 0.2) is 0 Å². The van der Waals surface area contributed by atoms with Crippen LogP contribution in [0.3, 0.4) is 0 Å². The Bertz CT molecular complexity index is 905. The molecule has 0 radical (unpaired) electrons. The summed E-state index contributed by atoms with van der Waals surface area (Å²) in [5, 5.41) is 2.91. The third-order valence-corrected chi connectivity index (χ3v) is 4.42. The van der Waals surface area contributed by atoms with Crippen LogP contribution in [0.25, 0.3) is 0 Å². The van der Waals surface area contributed by atoms with Gasteiger partial charge < -0.3 is 14.8 Å². The Hall–Kier alpha value is -3.27. The van der Waals surface area contributed by atoms with Crippen molar-refractivity contribution >= 4 is 11.6 Å². The lowest BCUT2D eigenvalue weighted by molar-refractivity contribution is 0.102. The first-order valence-corrected chi connectivity index (χ1v) is 9.91. The molecule has 0 bridgehead atoms. The number of carbonyl (C=O) groups excluding carboxylic acids is 1. The van der Waals surface area contributed by atoms with Gasteiger partial charge in [0, 0.05) is 11.3 Å². The lowest BCUT2D eigenvalue weighted by atomic mass is 10.1. The molecule has 150 valence electrons. The van der Waals surface area contributed by atoms with Gasteiger partial charge in [-0.05, 0) is 60.4 Å². The summed E-state index contributed by atoms with van der Waals surface area (Å²) in [7, 11) is 0. The molecule has 0 heterocycles. The maximum absolute atomic E-state index is 12.6. The van der Waals surface area contributed by atoms with E-state index in [0.29, 0.717) is 30.4 Å². The minimum absolute atomic E-state index is 0.177. The van der Waals surface area contributed by atoms with Crippen molar-refractivity contribution in [3.05, 3.63) is 90.0 Å². The quantitative estimate of drug-likeness (QED) is 0.492. The summed E-state index contributed by atoms with van der Waals surface area (Å²) in [6, 6.07) is 24.6. The van der Waals surface area contributed by atoms with Gasteiger partial charge >= 0.3 is 0 Å². The van der Waals surface area contributed by atoms with Gasteiger partial charge in [0.1, 0.15) is 18.1 Å². The molecule has 3 aromatic rings. The van der Waals surface area contributed by atoms with Crippen molar-refractivity contribution in [2.75, 3.05) is 11.9 Å². The Kier molecular flexibility index (Phi) is 7.28. The molecule has 1 amide bonds. The Morgan fingerprint density at radius 3 is 2.34 bits per heavy atom. The van der Waals surface area contributed by atoms with Crippen molar-refractivity contribution in [2.45, 2.75) is 26.9 Å². The van der Waals surface area contributed by atoms with Crippen LogP contribution >= 0.6 is 0 Å². The molecule has 3 aromatic carbocycles. The standard InChI is InChI=1S/C25H27NO3/c1-19(2)15-16-28-23-13-11-22(12-14-23)26-25(27)21-9-6-10-24(17-21)29-18-20-7-4-3-5-8-20/h3-14,17,19H,15-16,18H2,1-2H3,(H,26,27). The lowest BCUT2D eigenvalue weighted by Crippen LogP contribution is -2.12. The van der Waals surface area contributed by atoms with E-state index in [1.54, 1.807) is 12.1 Å². The van der Waals surface area contributed by atoms with Crippen LogP contribution in [0.5, 0.6) is 11.5 Å². The maximum atomic E-state index is 12.6. The second kappa shape index (κ2) is 10.3. The lowest BCUT2D eigenvalue weighted by Gasteiger charge is -2.10. The van der Waals surface area contributed by atoms with E-state index in [-0.39, 0.29) is 5.91 Å². The summed E-state index contributed by atoms with van der Waals surface area (Å²) < 4.78 is 11.5. The van der Waals surface area contributed by atoms with Crippen molar-refractivity contribution in [3.63, 3.8) is 0 Å². The first kappa shape index (κ1) is 20.5. The highest BCUT2D eigenvalue weighted by molar-refractivity contribution is 6.04. The van der Waals surface area contributed by atoms with E-state index in [1.165, 1.54) is 0 Å². The summed E-state index contributed by atoms with van der Waals surface area (Å²) >= 11 is 0. The monoisotopic (exact) mass is 389 g/mol. The van der Waals surface area contributed by atoms with Crippen LogP contribution in [0.2, 0.25) is 0 Å². The SMILES string of the molecule is CC(C)CCOc1ccc(NC(=O)c2cccc(OCc3ccccc3)c2)cc1. The molecule has 3 rings (SSSR count). The van der Waals surface area contributed by atoms with Crippen LogP contribution < -0.4 is 14.8 Å². The minimum Gasteiger partial charge on any atom is -0.494 e. The zero-order valence-corrected chi connectivity index (χ0v) is 16.9. The molecule has 0 saturated carbocycles. The largest absolute Gasteiger partial charge is 0.494 e. The van der Waals surface area contributed by atoms with Crippen molar-refractivity contribution < 1.29 is 14.3 Å². The molecule has 0 aliphatic rings. The molecule has 0 unspecified atom stereocenters. The fraction of sp³-hybridized carbons (Fsp3) is 0.240. The number of benzene rings is 3. The van der Waals surface area contributed by atoms with Crippen LogP contribution in [0, 0.1) is 5.92 Å². The average Bonchev–Trinajstić information content (AvgIpc) is 2.74. The maximum Gasteiger partial charge on any atom is 0.255 e. The molecule has 0 aliphatic carbocycles. The molecule has 4 heteroatoms. The van der Waals surface area contributed by atoms with Crippen LogP contribution in [-0.4, -0.2) is 12.5 Å². The fourth-order valence-electron chi connectivity index (χ4n) is 2.72. The number of rotatable bonds is 9. The number of hydrogen-bond acceptors (Lipinski definition) is 3. The van der Waals surface area contributed by atoms with E-state index in [0.717, 1.165) is 23.4 Å². The Labute approximate surface area is 172 Å². The summed E-state index contributed by atoms with van der Waals surface area (Å²) in [6.07, 6.45) is 1.02. The molecule has 29 heavy (non-hydrogen) atoms. The van der Waals surface area contributed by atoms with E-state index in [2.05, 4.69) is 19.2 Å². The predicted molar refractivity (Wildman–Crippen MR) is 117 cm³/mol. The second-order valence-electron chi connectivity index (χ2n) is 7.31. The summed E-state index contributed by atoms with van der Waals surface area (Å²) in [4.78, 5) is 12.6. The van der Waals surface area contributed by atoms with Crippen LogP contribution in [0.1, 0.15) is 36.2 Å². The highest BCUT2D eigenvalue weighted by Gasteiger charge is 2.08. The summed E-state index contributed by atoms with van der Waals surface area (Å²) in [5.41, 5.74) is 2.35. The first-order valence-electron chi connectivity index (χ1n) is 9.91. The molecule has 0 aromatic heterocycles. The van der Waals surface area contributed by atoms with E-state index >= 15 is 0 Å². The van der Waals surface area contributed by atoms with E-state index < -0.39 is 0 Å². The smallest absolute Gasteiger partial charge is 0.255 e. The van der Waals surface area contributed by atoms with E-state index in [9.17, 15) is 4.79 Å². The molecule has 0 aliphatic heterocycles. The normalized spacial score (nSPS) is 10.6. The molecular formula is C25H27NO3. The zero-order valence-electron chi connectivity index (χ0n) is 16.9. The molecule has 4 nitrogen and oxygen atoms in total. The minimum atomic E-state index is -0.177. The molecule has 0 spiro atoms. The number of anilines is 1. The molecule has 0 saturated heterocycles. The van der Waals surface area contributed by atoms with Gasteiger partial charge in [-0.3, -0.25) is 4.79 Å². The summed E-state index contributed by atoms with van der Waals surface area (Å²) in [5.74, 6) is 1.90. The molecule has 0 atom stereocenters. The van der Waals surface area contributed by atoms with Crippen LogP contribution in [0.4, 0.5) is 5.69 Å². The van der Waals surface area contributed by atoms with Crippen LogP contribution in [0.15, 0.2) is 78.9 Å². The third kappa shape index (κ3) is 6.68. The van der Waals surface area contributed by atoms with Crippen molar-refractivity contribution in [1.29, 1.82) is 0 Å². The van der Waals surface area contributed by atoms with Gasteiger partial charge in [0.2, 0.25) is 0 Å². The van der Waals surface area contributed by atoms with Crippen molar-refractivity contribution in [2.24, 2.45) is 5.92 Å². The van der Waals surface area contributed by atoms with E-state index in [4.69, 9.17) is 9.47 Å². The first-order chi connectivity index (χ1) is 14.1. The zero-order chi connectivity index (χ0) is 20.5. The highest BCUT2D eigenvalue weighted by atomic mass is 16.5. The number of carbonyl (C=O) groups is 1. The van der Waals surface area contributed by atoms with Gasteiger partial charge in [0.25, 0.3) is 5.91 Å². The van der Waals surface area contributed by atoms with Gasteiger partial charge in [-0.25, -0.2) is 0 Å². The molecule has 1 N–H and O–H groups in total. The Morgan fingerprint density at radius 2 is 1.62 bits per heavy atom. The van der Waals surface area contributed by atoms with Gasteiger partial charge in [-0.1, -0.05) is 50.2 Å². The third-order valence-electron chi connectivity index (χ3n) is 4.42. The van der Waals surface area contributed by atoms with Crippen LogP contribution in [-0.2, 0) is 6.61 Å². The van der Waals surface area contributed by atoms with Gasteiger partial charge in [-0.15, -0.1) is 0 Å². The number of amides is 1. The molecule has 0 fully saturated rings. The summed E-state index contributed by atoms with van der Waals surface area (Å²) in [6.45, 7) is 5.50. The second-order valence-corrected chi connectivity index (χ2v) is 7.31. The number of ether oxygens (including phenoxy) is 2. The number of hydrogen-bond donors (Lipinski definition) is 1.